The molecule has 0 N–H and O–H groups in total. The van der Waals surface area contributed by atoms with Crippen LogP contribution in [-0.4, -0.2) is 17.5 Å². The van der Waals surface area contributed by atoms with Gasteiger partial charge in [-0.1, -0.05) is 0 Å². The lowest BCUT2D eigenvalue weighted by Crippen LogP contribution is -1.98. The van der Waals surface area contributed by atoms with Gasteiger partial charge >= 0.3 is 0 Å². The second-order valence-corrected chi connectivity index (χ2v) is 3.73. The minimum Gasteiger partial charge on any atom is -0.365 e. The van der Waals surface area contributed by atoms with E-state index < -0.39 is 0 Å². The van der Waals surface area contributed by atoms with Crippen molar-refractivity contribution in [3.8, 4) is 0 Å². The van der Waals surface area contributed by atoms with E-state index in [0.29, 0.717) is 6.04 Å². The highest BCUT2D eigenvalue weighted by Crippen LogP contribution is 2.32. The van der Waals surface area contributed by atoms with E-state index in [1.165, 1.54) is 0 Å². The van der Waals surface area contributed by atoms with Crippen LogP contribution in [0.5, 0.6) is 0 Å². The van der Waals surface area contributed by atoms with Gasteiger partial charge < -0.3 is 4.90 Å². The van der Waals surface area contributed by atoms with Gasteiger partial charge in [-0.05, 0) is 25.5 Å². The van der Waals surface area contributed by atoms with Crippen molar-refractivity contribution in [2.75, 3.05) is 11.4 Å². The molecule has 0 aliphatic carbocycles. The first-order valence-electron chi connectivity index (χ1n) is 4.61. The third-order valence-electron chi connectivity index (χ3n) is 2.56. The number of nitro groups is 1. The van der Waals surface area contributed by atoms with E-state index in [0.717, 1.165) is 17.8 Å². The average Bonchev–Trinajstić information content (AvgIpc) is 2.82. The van der Waals surface area contributed by atoms with Gasteiger partial charge in [-0.2, -0.15) is 0 Å². The molecule has 4 heteroatoms. The molecule has 14 heavy (non-hydrogen) atoms. The van der Waals surface area contributed by atoms with Crippen LogP contribution in [0.2, 0.25) is 0 Å². The molecule has 1 heterocycles. The maximum Gasteiger partial charge on any atom is 0.269 e. The van der Waals surface area contributed by atoms with Crippen LogP contribution in [0.3, 0.4) is 0 Å². The Morgan fingerprint density at radius 1 is 1.57 bits per heavy atom. The number of aryl methyl sites for hydroxylation is 1. The highest BCUT2D eigenvalue weighted by molar-refractivity contribution is 5.61. The number of nitro benzene ring substituents is 1. The predicted octanol–water partition coefficient (Wildman–Crippen LogP) is 2.11. The van der Waals surface area contributed by atoms with Gasteiger partial charge in [-0.3, -0.25) is 10.1 Å². The van der Waals surface area contributed by atoms with Gasteiger partial charge in [-0.25, -0.2) is 0 Å². The zero-order chi connectivity index (χ0) is 10.3. The molecule has 1 unspecified atom stereocenters. The van der Waals surface area contributed by atoms with Gasteiger partial charge in [0.2, 0.25) is 0 Å². The Hall–Kier alpha value is -1.58. The van der Waals surface area contributed by atoms with E-state index >= 15 is 0 Å². The van der Waals surface area contributed by atoms with E-state index in [1.807, 2.05) is 13.0 Å². The van der Waals surface area contributed by atoms with Gasteiger partial charge in [0, 0.05) is 30.4 Å². The molecule has 1 aromatic rings. The molecular weight excluding hydrogens is 180 g/mol. The Labute approximate surface area is 82.3 Å². The van der Waals surface area contributed by atoms with Crippen LogP contribution in [0.15, 0.2) is 18.2 Å². The summed E-state index contributed by atoms with van der Waals surface area (Å²) in [6.07, 6.45) is 0. The highest BCUT2D eigenvalue weighted by atomic mass is 16.6. The van der Waals surface area contributed by atoms with Crippen LogP contribution in [-0.2, 0) is 0 Å². The Balaban J connectivity index is 2.32. The number of benzene rings is 1. The van der Waals surface area contributed by atoms with Crippen molar-refractivity contribution in [2.24, 2.45) is 0 Å². The molecule has 1 aliphatic heterocycles. The Kier molecular flexibility index (Phi) is 1.91. The lowest BCUT2D eigenvalue weighted by atomic mass is 10.2. The van der Waals surface area contributed by atoms with E-state index in [1.54, 1.807) is 12.1 Å². The maximum absolute atomic E-state index is 10.5. The normalized spacial score (nSPS) is 19.6. The molecule has 0 amide bonds. The first kappa shape index (κ1) is 8.99. The summed E-state index contributed by atoms with van der Waals surface area (Å²) in [5.74, 6) is 0. The van der Waals surface area contributed by atoms with Crippen LogP contribution < -0.4 is 4.90 Å². The van der Waals surface area contributed by atoms with E-state index in [4.69, 9.17) is 0 Å². The summed E-state index contributed by atoms with van der Waals surface area (Å²) < 4.78 is 0. The van der Waals surface area contributed by atoms with Gasteiger partial charge in [0.05, 0.1) is 4.92 Å². The zero-order valence-electron chi connectivity index (χ0n) is 8.23. The summed E-state index contributed by atoms with van der Waals surface area (Å²) in [5.41, 5.74) is 2.26. The van der Waals surface area contributed by atoms with Gasteiger partial charge in [-0.15, -0.1) is 0 Å². The van der Waals surface area contributed by atoms with Crippen LogP contribution >= 0.6 is 0 Å². The largest absolute Gasteiger partial charge is 0.365 e. The average molecular weight is 192 g/mol. The van der Waals surface area contributed by atoms with Crippen molar-refractivity contribution in [3.63, 3.8) is 0 Å². The molecule has 4 nitrogen and oxygen atoms in total. The number of nitrogens with zero attached hydrogens (tertiary/aromatic N) is 2. The second kappa shape index (κ2) is 2.97. The number of rotatable bonds is 2. The Bertz CT molecular complexity index is 390. The summed E-state index contributed by atoms with van der Waals surface area (Å²) in [6.45, 7) is 5.10. The maximum atomic E-state index is 10.5. The molecule has 74 valence electrons. The topological polar surface area (TPSA) is 46.1 Å². The van der Waals surface area contributed by atoms with E-state index in [2.05, 4.69) is 11.8 Å². The lowest BCUT2D eigenvalue weighted by molar-refractivity contribution is -0.384. The van der Waals surface area contributed by atoms with Crippen molar-refractivity contribution in [3.05, 3.63) is 33.9 Å². The molecule has 1 atom stereocenters. The van der Waals surface area contributed by atoms with Gasteiger partial charge in [0.15, 0.2) is 0 Å². The van der Waals surface area contributed by atoms with Crippen molar-refractivity contribution in [1.29, 1.82) is 0 Å². The Morgan fingerprint density at radius 3 is 2.64 bits per heavy atom. The third-order valence-corrected chi connectivity index (χ3v) is 2.56. The standard InChI is InChI=1S/C10H12N2O2/c1-7-5-9(12(13)14)3-4-10(7)11-6-8(11)2/h3-5,8H,6H2,1-2H3. The molecule has 1 saturated heterocycles. The first-order chi connectivity index (χ1) is 6.59. The van der Waals surface area contributed by atoms with Crippen LogP contribution in [0, 0.1) is 17.0 Å². The molecule has 0 bridgehead atoms. The smallest absolute Gasteiger partial charge is 0.269 e. The summed E-state index contributed by atoms with van der Waals surface area (Å²) in [6, 6.07) is 5.60. The molecule has 2 rings (SSSR count). The fourth-order valence-corrected chi connectivity index (χ4v) is 1.65. The minimum atomic E-state index is -0.359. The molecular formula is C10H12N2O2. The molecule has 0 radical (unpaired) electrons. The molecule has 1 aliphatic rings. The number of non-ortho nitro benzene ring substituents is 1. The van der Waals surface area contributed by atoms with Gasteiger partial charge in [0.25, 0.3) is 5.69 Å². The number of hydrogen-bond donors (Lipinski definition) is 0. The van der Waals surface area contributed by atoms with E-state index in [-0.39, 0.29) is 10.6 Å². The monoisotopic (exact) mass is 192 g/mol. The number of hydrogen-bond acceptors (Lipinski definition) is 3. The SMILES string of the molecule is Cc1cc([N+](=O)[O-])ccc1N1CC1C. The van der Waals surface area contributed by atoms with Crippen molar-refractivity contribution in [2.45, 2.75) is 19.9 Å². The van der Waals surface area contributed by atoms with Crippen molar-refractivity contribution in [1.82, 2.24) is 0 Å². The van der Waals surface area contributed by atoms with Crippen LogP contribution in [0.25, 0.3) is 0 Å². The summed E-state index contributed by atoms with van der Waals surface area (Å²) in [4.78, 5) is 12.4. The summed E-state index contributed by atoms with van der Waals surface area (Å²) >= 11 is 0. The molecule has 1 fully saturated rings. The number of anilines is 1. The van der Waals surface area contributed by atoms with Crippen LogP contribution in [0.4, 0.5) is 11.4 Å². The zero-order valence-corrected chi connectivity index (χ0v) is 8.23. The van der Waals surface area contributed by atoms with Crippen LogP contribution in [0.1, 0.15) is 12.5 Å². The van der Waals surface area contributed by atoms with E-state index in [9.17, 15) is 10.1 Å². The summed E-state index contributed by atoms with van der Waals surface area (Å²) in [7, 11) is 0. The third kappa shape index (κ3) is 1.43. The minimum absolute atomic E-state index is 0.167. The Morgan fingerprint density at radius 2 is 2.21 bits per heavy atom. The fourth-order valence-electron chi connectivity index (χ4n) is 1.65. The highest BCUT2D eigenvalue weighted by Gasteiger charge is 2.30. The lowest BCUT2D eigenvalue weighted by Gasteiger charge is -2.07. The molecule has 1 aromatic carbocycles. The second-order valence-electron chi connectivity index (χ2n) is 3.73. The van der Waals surface area contributed by atoms with Crippen molar-refractivity contribution >= 4 is 11.4 Å². The molecule has 0 aromatic heterocycles. The van der Waals surface area contributed by atoms with Crippen molar-refractivity contribution < 1.29 is 4.92 Å². The molecule has 0 spiro atoms. The summed E-state index contributed by atoms with van der Waals surface area (Å²) in [5, 5.41) is 10.5. The predicted molar refractivity (Wildman–Crippen MR) is 54.6 cm³/mol. The first-order valence-corrected chi connectivity index (χ1v) is 4.61. The van der Waals surface area contributed by atoms with Gasteiger partial charge in [0.1, 0.15) is 0 Å². The molecule has 0 saturated carbocycles. The fraction of sp³-hybridized carbons (Fsp3) is 0.400. The quantitative estimate of drug-likeness (QED) is 0.409.